The minimum Gasteiger partial charge on any atom is -0.485 e. The van der Waals surface area contributed by atoms with Gasteiger partial charge in [-0.1, -0.05) is 0 Å². The van der Waals surface area contributed by atoms with Gasteiger partial charge in [-0.25, -0.2) is 9.97 Å². The summed E-state index contributed by atoms with van der Waals surface area (Å²) in [7, 11) is 2.05. The number of fused-ring (bicyclic) bond motifs is 1. The van der Waals surface area contributed by atoms with Crippen LogP contribution in [-0.4, -0.2) is 52.8 Å². The van der Waals surface area contributed by atoms with Gasteiger partial charge in [0.25, 0.3) is 0 Å². The van der Waals surface area contributed by atoms with Crippen molar-refractivity contribution >= 4 is 11.9 Å². The molecule has 0 amide bonds. The lowest BCUT2D eigenvalue weighted by Crippen LogP contribution is -2.27. The second-order valence-corrected chi connectivity index (χ2v) is 6.83. The first-order valence-corrected chi connectivity index (χ1v) is 9.34. The van der Waals surface area contributed by atoms with Gasteiger partial charge in [-0.15, -0.1) is 0 Å². The number of ether oxygens (including phenoxy) is 1. The lowest BCUT2D eigenvalue weighted by atomic mass is 10.2. The van der Waals surface area contributed by atoms with Crippen LogP contribution < -0.4 is 15.0 Å². The molecule has 0 fully saturated rings. The molecule has 0 spiro atoms. The normalized spacial score (nSPS) is 13.0. The maximum Gasteiger partial charge on any atom is 0.237 e. The van der Waals surface area contributed by atoms with Crippen molar-refractivity contribution in [1.82, 2.24) is 24.8 Å². The van der Waals surface area contributed by atoms with Crippen molar-refractivity contribution in [1.29, 1.82) is 0 Å². The van der Waals surface area contributed by atoms with Gasteiger partial charge in [0.2, 0.25) is 5.95 Å². The molecule has 28 heavy (non-hydrogen) atoms. The van der Waals surface area contributed by atoms with Crippen molar-refractivity contribution in [3.8, 4) is 11.7 Å². The predicted octanol–water partition coefficient (Wildman–Crippen LogP) is 2.46. The summed E-state index contributed by atoms with van der Waals surface area (Å²) in [5, 5.41) is 3.47. The van der Waals surface area contributed by atoms with E-state index in [1.54, 1.807) is 18.8 Å². The summed E-state index contributed by atoms with van der Waals surface area (Å²) < 4.78 is 12.9. The van der Waals surface area contributed by atoms with E-state index in [0.717, 1.165) is 49.1 Å². The van der Waals surface area contributed by atoms with Gasteiger partial charge in [0, 0.05) is 50.4 Å². The summed E-state index contributed by atoms with van der Waals surface area (Å²) in [6.45, 7) is 5.18. The molecule has 1 aliphatic rings. The van der Waals surface area contributed by atoms with Gasteiger partial charge in [0.1, 0.15) is 18.8 Å². The second kappa shape index (κ2) is 8.26. The fourth-order valence-electron chi connectivity index (χ4n) is 3.06. The average Bonchev–Trinajstić information content (AvgIpc) is 3.38. The largest absolute Gasteiger partial charge is 0.485 e. The van der Waals surface area contributed by atoms with Gasteiger partial charge >= 0.3 is 0 Å². The first kappa shape index (κ1) is 18.2. The first-order chi connectivity index (χ1) is 13.7. The van der Waals surface area contributed by atoms with E-state index in [9.17, 15) is 0 Å². The summed E-state index contributed by atoms with van der Waals surface area (Å²) in [4.78, 5) is 15.3. The molecule has 0 atom stereocenters. The van der Waals surface area contributed by atoms with Crippen LogP contribution in [0, 0.1) is 6.92 Å². The standard InChI is InChI=1S/C20H24N6O2/c1-15-10-19(24-20(23-15)26-8-6-22-14-26)25(2)7-3-5-21-12-16-11-18-17(28-13-16)4-9-27-18/h4,6,8-11,14,21H,3,5,7,12-13H2,1-2H3. The molecular weight excluding hydrogens is 356 g/mol. The van der Waals surface area contributed by atoms with Gasteiger partial charge in [-0.2, -0.15) is 4.98 Å². The number of nitrogens with one attached hydrogen (secondary N) is 1. The van der Waals surface area contributed by atoms with Crippen LogP contribution in [0.5, 0.6) is 5.75 Å². The molecule has 0 aromatic carbocycles. The molecule has 4 heterocycles. The summed E-state index contributed by atoms with van der Waals surface area (Å²) in [6, 6.07) is 3.85. The molecule has 0 saturated carbocycles. The van der Waals surface area contributed by atoms with Crippen LogP contribution in [0.15, 0.2) is 47.1 Å². The van der Waals surface area contributed by atoms with Crippen LogP contribution in [0.3, 0.4) is 0 Å². The Morgan fingerprint density at radius 3 is 3.11 bits per heavy atom. The van der Waals surface area contributed by atoms with Crippen molar-refractivity contribution in [2.75, 3.05) is 38.2 Å². The Hall–Kier alpha value is -3.13. The highest BCUT2D eigenvalue weighted by Crippen LogP contribution is 2.26. The smallest absolute Gasteiger partial charge is 0.237 e. The van der Waals surface area contributed by atoms with Crippen LogP contribution in [-0.2, 0) is 0 Å². The number of hydrogen-bond acceptors (Lipinski definition) is 7. The third kappa shape index (κ3) is 4.23. The van der Waals surface area contributed by atoms with Crippen LogP contribution in [0.25, 0.3) is 12.0 Å². The first-order valence-electron chi connectivity index (χ1n) is 9.34. The van der Waals surface area contributed by atoms with Gasteiger partial charge < -0.3 is 19.4 Å². The molecule has 3 aromatic rings. The number of anilines is 1. The topological polar surface area (TPSA) is 81.2 Å². The molecule has 8 nitrogen and oxygen atoms in total. The Kier molecular flexibility index (Phi) is 5.38. The number of furan rings is 1. The zero-order chi connectivity index (χ0) is 19.3. The molecule has 1 N–H and O–H groups in total. The highest BCUT2D eigenvalue weighted by atomic mass is 16.5. The molecule has 8 heteroatoms. The van der Waals surface area contributed by atoms with Crippen molar-refractivity contribution < 1.29 is 9.15 Å². The Balaban J connectivity index is 1.26. The van der Waals surface area contributed by atoms with Gasteiger partial charge in [0.05, 0.1) is 6.26 Å². The average molecular weight is 380 g/mol. The van der Waals surface area contributed by atoms with Gasteiger partial charge in [-0.3, -0.25) is 4.57 Å². The zero-order valence-corrected chi connectivity index (χ0v) is 16.1. The van der Waals surface area contributed by atoms with Crippen molar-refractivity contribution in [2.24, 2.45) is 0 Å². The number of rotatable bonds is 8. The van der Waals surface area contributed by atoms with E-state index in [-0.39, 0.29) is 0 Å². The minimum absolute atomic E-state index is 0.608. The Bertz CT molecular complexity index is 948. The van der Waals surface area contributed by atoms with Crippen LogP contribution in [0.4, 0.5) is 5.82 Å². The number of aryl methyl sites for hydroxylation is 1. The minimum atomic E-state index is 0.608. The predicted molar refractivity (Wildman–Crippen MR) is 107 cm³/mol. The molecule has 1 aliphatic heterocycles. The van der Waals surface area contributed by atoms with E-state index in [0.29, 0.717) is 12.6 Å². The zero-order valence-electron chi connectivity index (χ0n) is 16.1. The van der Waals surface area contributed by atoms with Crippen LogP contribution >= 0.6 is 0 Å². The maximum atomic E-state index is 5.65. The third-order valence-corrected chi connectivity index (χ3v) is 4.56. The van der Waals surface area contributed by atoms with Crippen LogP contribution in [0.2, 0.25) is 0 Å². The Morgan fingerprint density at radius 2 is 2.25 bits per heavy atom. The summed E-state index contributed by atoms with van der Waals surface area (Å²) >= 11 is 0. The van der Waals surface area contributed by atoms with Crippen molar-refractivity contribution in [3.63, 3.8) is 0 Å². The highest BCUT2D eigenvalue weighted by Gasteiger charge is 2.13. The second-order valence-electron chi connectivity index (χ2n) is 6.83. The van der Waals surface area contributed by atoms with E-state index in [2.05, 4.69) is 38.3 Å². The van der Waals surface area contributed by atoms with Crippen molar-refractivity contribution in [3.05, 3.63) is 54.1 Å². The fourth-order valence-corrected chi connectivity index (χ4v) is 3.06. The molecule has 4 rings (SSSR count). The molecule has 0 aliphatic carbocycles. The van der Waals surface area contributed by atoms with Gasteiger partial charge in [-0.05, 0) is 31.5 Å². The summed E-state index contributed by atoms with van der Waals surface area (Å²) in [6.07, 6.45) is 9.98. The molecule has 0 radical (unpaired) electrons. The van der Waals surface area contributed by atoms with Crippen molar-refractivity contribution in [2.45, 2.75) is 13.3 Å². The fraction of sp³-hybridized carbons (Fsp3) is 0.350. The van der Waals surface area contributed by atoms with E-state index < -0.39 is 0 Å². The van der Waals surface area contributed by atoms with E-state index in [1.807, 2.05) is 29.8 Å². The number of nitrogens with zero attached hydrogens (tertiary/aromatic N) is 5. The number of aromatic nitrogens is 4. The molecule has 3 aromatic heterocycles. The molecule has 0 unspecified atom stereocenters. The molecule has 0 bridgehead atoms. The Labute approximate surface area is 163 Å². The highest BCUT2D eigenvalue weighted by molar-refractivity contribution is 5.57. The molecule has 146 valence electrons. The van der Waals surface area contributed by atoms with E-state index >= 15 is 0 Å². The molecule has 0 saturated heterocycles. The summed E-state index contributed by atoms with van der Waals surface area (Å²) in [5.74, 6) is 3.17. The monoisotopic (exact) mass is 380 g/mol. The Morgan fingerprint density at radius 1 is 1.32 bits per heavy atom. The number of hydrogen-bond donors (Lipinski definition) is 1. The maximum absolute atomic E-state index is 5.65. The SMILES string of the molecule is Cc1cc(N(C)CCCNCC2=Cc3occc3OC2)nc(-n2ccnc2)n1. The quantitative estimate of drug-likeness (QED) is 0.601. The van der Waals surface area contributed by atoms with Gasteiger partial charge in [0.15, 0.2) is 11.5 Å². The number of imidazole rings is 1. The molecular formula is C20H24N6O2. The lowest BCUT2D eigenvalue weighted by Gasteiger charge is -2.19. The summed E-state index contributed by atoms with van der Waals surface area (Å²) in [5.41, 5.74) is 2.12. The third-order valence-electron chi connectivity index (χ3n) is 4.56. The van der Waals surface area contributed by atoms with Crippen LogP contribution in [0.1, 0.15) is 17.9 Å². The van der Waals surface area contributed by atoms with E-state index in [1.165, 1.54) is 5.57 Å². The lowest BCUT2D eigenvalue weighted by molar-refractivity contribution is 0.335. The van der Waals surface area contributed by atoms with E-state index in [4.69, 9.17) is 9.15 Å².